The predicted molar refractivity (Wildman–Crippen MR) is 112 cm³/mol. The fraction of sp³-hybridized carbons (Fsp3) is 0.375. The van der Waals surface area contributed by atoms with Crippen LogP contribution in [0.15, 0.2) is 72.4 Å². The van der Waals surface area contributed by atoms with Crippen molar-refractivity contribution < 1.29 is 18.6 Å². The fourth-order valence-electron chi connectivity index (χ4n) is 3.37. The number of hydrogen-bond donors (Lipinski definition) is 0. The van der Waals surface area contributed by atoms with Crippen LogP contribution in [0, 0.1) is 11.3 Å². The molecule has 0 aliphatic carbocycles. The molecule has 30 heavy (non-hydrogen) atoms. The Morgan fingerprint density at radius 1 is 1.07 bits per heavy atom. The Morgan fingerprint density at radius 2 is 1.67 bits per heavy atom. The molecule has 0 N–H and O–H groups in total. The Labute approximate surface area is 177 Å². The molecular weight excluding hydrogens is 383 g/mol. The van der Waals surface area contributed by atoms with Crippen molar-refractivity contribution in [1.82, 2.24) is 4.90 Å². The zero-order valence-corrected chi connectivity index (χ0v) is 17.3. The van der Waals surface area contributed by atoms with E-state index in [9.17, 15) is 5.26 Å². The Bertz CT molecular complexity index is 852. The van der Waals surface area contributed by atoms with Gasteiger partial charge in [0.2, 0.25) is 0 Å². The highest BCUT2D eigenvalue weighted by Crippen LogP contribution is 2.32. The van der Waals surface area contributed by atoms with Crippen molar-refractivity contribution >= 4 is 0 Å². The second kappa shape index (κ2) is 10.9. The molecule has 1 heterocycles. The first-order valence-corrected chi connectivity index (χ1v) is 9.93. The molecule has 4 atom stereocenters. The van der Waals surface area contributed by atoms with Gasteiger partial charge in [0.25, 0.3) is 0 Å². The minimum absolute atomic E-state index is 0.173. The van der Waals surface area contributed by atoms with Gasteiger partial charge < -0.3 is 19.1 Å². The first-order chi connectivity index (χ1) is 14.6. The topological polar surface area (TPSA) is 54.7 Å². The van der Waals surface area contributed by atoms with Crippen LogP contribution in [-0.4, -0.2) is 50.1 Å². The van der Waals surface area contributed by atoms with Crippen LogP contribution in [0.3, 0.4) is 0 Å². The minimum atomic E-state index is -1.47. The van der Waals surface area contributed by atoms with Crippen LogP contribution in [-0.2, 0) is 27.4 Å². The van der Waals surface area contributed by atoms with Gasteiger partial charge in [0.15, 0.2) is 6.17 Å². The number of ether oxygens (including phenoxy) is 3. The SMILES string of the molecule is CN(C)/C=C(\C#N)C1O[C@H](COCc2ccccc2)[C@@H](OCc2ccccc2)[C@H]1F. The average Bonchev–Trinajstić information content (AvgIpc) is 3.07. The van der Waals surface area contributed by atoms with E-state index < -0.39 is 24.5 Å². The molecule has 6 heteroatoms. The lowest BCUT2D eigenvalue weighted by molar-refractivity contribution is -0.0706. The van der Waals surface area contributed by atoms with Crippen molar-refractivity contribution in [2.24, 2.45) is 0 Å². The van der Waals surface area contributed by atoms with E-state index in [4.69, 9.17) is 14.2 Å². The summed E-state index contributed by atoms with van der Waals surface area (Å²) < 4.78 is 33.0. The minimum Gasteiger partial charge on any atom is -0.383 e. The van der Waals surface area contributed by atoms with Gasteiger partial charge in [0.1, 0.15) is 18.3 Å². The van der Waals surface area contributed by atoms with Gasteiger partial charge in [-0.05, 0) is 11.1 Å². The summed E-state index contributed by atoms with van der Waals surface area (Å²) in [6.45, 7) is 0.828. The molecule has 1 saturated heterocycles. The highest BCUT2D eigenvalue weighted by Gasteiger charge is 2.47. The normalized spacial score (nSPS) is 23.9. The van der Waals surface area contributed by atoms with Gasteiger partial charge in [0.05, 0.1) is 31.5 Å². The number of halogens is 1. The molecule has 0 bridgehead atoms. The van der Waals surface area contributed by atoms with Crippen LogP contribution in [0.4, 0.5) is 4.39 Å². The lowest BCUT2D eigenvalue weighted by atomic mass is 10.0. The summed E-state index contributed by atoms with van der Waals surface area (Å²) in [6.07, 6.45) is -2.31. The molecule has 0 aromatic heterocycles. The quantitative estimate of drug-likeness (QED) is 0.588. The molecule has 0 saturated carbocycles. The Morgan fingerprint density at radius 3 is 2.23 bits per heavy atom. The molecule has 1 aliphatic rings. The van der Waals surface area contributed by atoms with Crippen molar-refractivity contribution in [3.05, 3.63) is 83.6 Å². The van der Waals surface area contributed by atoms with Crippen molar-refractivity contribution in [2.45, 2.75) is 37.7 Å². The van der Waals surface area contributed by atoms with E-state index in [-0.39, 0.29) is 18.8 Å². The van der Waals surface area contributed by atoms with Crippen molar-refractivity contribution in [2.75, 3.05) is 20.7 Å². The predicted octanol–water partition coefficient (Wildman–Crippen LogP) is 3.86. The zero-order chi connectivity index (χ0) is 21.3. The largest absolute Gasteiger partial charge is 0.383 e. The summed E-state index contributed by atoms with van der Waals surface area (Å²) in [7, 11) is 3.56. The van der Waals surface area contributed by atoms with Gasteiger partial charge in [-0.25, -0.2) is 4.39 Å². The summed E-state index contributed by atoms with van der Waals surface area (Å²) in [4.78, 5) is 1.70. The Kier molecular flexibility index (Phi) is 7.97. The first-order valence-electron chi connectivity index (χ1n) is 9.93. The van der Waals surface area contributed by atoms with Gasteiger partial charge in [0, 0.05) is 20.3 Å². The lowest BCUT2D eigenvalue weighted by Gasteiger charge is -2.20. The van der Waals surface area contributed by atoms with E-state index in [0.717, 1.165) is 11.1 Å². The van der Waals surface area contributed by atoms with E-state index >= 15 is 4.39 Å². The van der Waals surface area contributed by atoms with Crippen LogP contribution < -0.4 is 0 Å². The highest BCUT2D eigenvalue weighted by molar-refractivity contribution is 5.28. The van der Waals surface area contributed by atoms with Crippen molar-refractivity contribution in [3.8, 4) is 6.07 Å². The van der Waals surface area contributed by atoms with Crippen molar-refractivity contribution in [1.29, 1.82) is 5.26 Å². The molecule has 1 unspecified atom stereocenters. The number of rotatable bonds is 9. The molecule has 5 nitrogen and oxygen atoms in total. The number of nitriles is 1. The molecule has 2 aromatic rings. The number of nitrogens with zero attached hydrogens (tertiary/aromatic N) is 2. The van der Waals surface area contributed by atoms with E-state index in [1.807, 2.05) is 60.7 Å². The Hall–Kier alpha value is -2.72. The van der Waals surface area contributed by atoms with E-state index in [1.165, 1.54) is 0 Å². The van der Waals surface area contributed by atoms with Crippen LogP contribution in [0.25, 0.3) is 0 Å². The maximum Gasteiger partial charge on any atom is 0.160 e. The number of alkyl halides is 1. The highest BCUT2D eigenvalue weighted by atomic mass is 19.1. The molecule has 158 valence electrons. The van der Waals surface area contributed by atoms with Crippen LogP contribution in [0.5, 0.6) is 0 Å². The molecule has 0 radical (unpaired) electrons. The maximum atomic E-state index is 15.3. The first kappa shape index (κ1) is 22.0. The van der Waals surface area contributed by atoms with Gasteiger partial charge in [-0.15, -0.1) is 0 Å². The zero-order valence-electron chi connectivity index (χ0n) is 17.3. The summed E-state index contributed by atoms with van der Waals surface area (Å²) in [6, 6.07) is 21.4. The molecule has 2 aromatic carbocycles. The van der Waals surface area contributed by atoms with Crippen LogP contribution in [0.1, 0.15) is 11.1 Å². The smallest absolute Gasteiger partial charge is 0.160 e. The van der Waals surface area contributed by atoms with E-state index in [1.54, 1.807) is 25.2 Å². The molecular formula is C24H27FN2O3. The summed E-state index contributed by atoms with van der Waals surface area (Å²) in [5.74, 6) is 0. The second-order valence-corrected chi connectivity index (χ2v) is 7.46. The molecule has 1 aliphatic heterocycles. The maximum absolute atomic E-state index is 15.3. The molecule has 0 amide bonds. The van der Waals surface area contributed by atoms with Crippen LogP contribution in [0.2, 0.25) is 0 Å². The average molecular weight is 410 g/mol. The molecule has 1 fully saturated rings. The lowest BCUT2D eigenvalue weighted by Crippen LogP contribution is -2.35. The summed E-state index contributed by atoms with van der Waals surface area (Å²) in [5, 5.41) is 9.49. The van der Waals surface area contributed by atoms with E-state index in [2.05, 4.69) is 6.07 Å². The van der Waals surface area contributed by atoms with Gasteiger partial charge in [-0.2, -0.15) is 5.26 Å². The summed E-state index contributed by atoms with van der Waals surface area (Å²) >= 11 is 0. The number of benzene rings is 2. The standard InChI is InChI=1S/C24H27FN2O3/c1-27(2)14-20(13-26)23-22(25)24(29-16-19-11-7-4-8-12-19)21(30-23)17-28-15-18-9-5-3-6-10-18/h3-12,14,21-24H,15-17H2,1-2H3/b20-14+/t21-,22+,23?,24-/m1/s1. The van der Waals surface area contributed by atoms with E-state index in [0.29, 0.717) is 6.61 Å². The third-order valence-electron chi connectivity index (χ3n) is 4.80. The third kappa shape index (κ3) is 5.90. The third-order valence-corrected chi connectivity index (χ3v) is 4.80. The molecule has 3 rings (SSSR count). The monoisotopic (exact) mass is 410 g/mol. The van der Waals surface area contributed by atoms with Crippen molar-refractivity contribution in [3.63, 3.8) is 0 Å². The second-order valence-electron chi connectivity index (χ2n) is 7.46. The van der Waals surface area contributed by atoms with Gasteiger partial charge >= 0.3 is 0 Å². The Balaban J connectivity index is 1.69. The fourth-order valence-corrected chi connectivity index (χ4v) is 3.37. The van der Waals surface area contributed by atoms with Crippen LogP contribution >= 0.6 is 0 Å². The summed E-state index contributed by atoms with van der Waals surface area (Å²) in [5.41, 5.74) is 2.20. The number of hydrogen-bond acceptors (Lipinski definition) is 5. The molecule has 0 spiro atoms. The van der Waals surface area contributed by atoms with Gasteiger partial charge in [-0.3, -0.25) is 0 Å². The van der Waals surface area contributed by atoms with Gasteiger partial charge in [-0.1, -0.05) is 60.7 Å².